The van der Waals surface area contributed by atoms with Crippen LogP contribution < -0.4 is 4.74 Å². The quantitative estimate of drug-likeness (QED) is 0.689. The summed E-state index contributed by atoms with van der Waals surface area (Å²) >= 11 is 1.48. The van der Waals surface area contributed by atoms with Crippen LogP contribution in [0.1, 0.15) is 30.9 Å². The molecule has 1 saturated heterocycles. The average molecular weight is 393 g/mol. The van der Waals surface area contributed by atoms with Gasteiger partial charge in [0.15, 0.2) is 5.17 Å². The maximum atomic E-state index is 12.4. The fraction of sp³-hybridized carbons (Fsp3) is 0.304. The van der Waals surface area contributed by atoms with Gasteiger partial charge in [0.2, 0.25) is 0 Å². The van der Waals surface area contributed by atoms with E-state index in [-0.39, 0.29) is 5.91 Å². The molecule has 5 heteroatoms. The topological polar surface area (TPSA) is 41.9 Å². The molecule has 0 N–H and O–H groups in total. The molecule has 4 rings (SSSR count). The smallest absolute Gasteiger partial charge is 0.286 e. The van der Waals surface area contributed by atoms with E-state index in [1.165, 1.54) is 11.8 Å². The van der Waals surface area contributed by atoms with Gasteiger partial charge in [-0.25, -0.2) is 0 Å². The molecule has 2 heterocycles. The first-order valence-electron chi connectivity index (χ1n) is 9.72. The van der Waals surface area contributed by atoms with Gasteiger partial charge in [-0.05, 0) is 48.2 Å². The minimum Gasteiger partial charge on any atom is -0.488 e. The lowest BCUT2D eigenvalue weighted by atomic mass is 10.00. The summed E-state index contributed by atoms with van der Waals surface area (Å²) in [6.45, 7) is 4.73. The lowest BCUT2D eigenvalue weighted by molar-refractivity contribution is -0.113. The first kappa shape index (κ1) is 18.8. The molecule has 2 aliphatic heterocycles. The van der Waals surface area contributed by atoms with Crippen LogP contribution in [0.5, 0.6) is 5.75 Å². The van der Waals surface area contributed by atoms with Gasteiger partial charge in [0.05, 0.1) is 4.91 Å². The van der Waals surface area contributed by atoms with Crippen LogP contribution >= 0.6 is 11.8 Å². The number of nitrogens with zero attached hydrogens (tertiary/aromatic N) is 2. The summed E-state index contributed by atoms with van der Waals surface area (Å²) in [5.41, 5.74) is 2.01. The number of thioether (sulfide) groups is 1. The van der Waals surface area contributed by atoms with E-state index >= 15 is 0 Å². The molecule has 1 fully saturated rings. The summed E-state index contributed by atoms with van der Waals surface area (Å²) in [5, 5.41) is 0.839. The van der Waals surface area contributed by atoms with Crippen molar-refractivity contribution in [1.29, 1.82) is 0 Å². The highest BCUT2D eigenvalue weighted by Crippen LogP contribution is 2.33. The van der Waals surface area contributed by atoms with E-state index in [0.717, 1.165) is 53.9 Å². The van der Waals surface area contributed by atoms with E-state index in [4.69, 9.17) is 4.74 Å². The summed E-state index contributed by atoms with van der Waals surface area (Å²) < 4.78 is 6.01. The van der Waals surface area contributed by atoms with Crippen LogP contribution in [0.25, 0.3) is 6.08 Å². The molecule has 0 radical (unpaired) electrons. The number of para-hydroxylation sites is 1. The van der Waals surface area contributed by atoms with E-state index in [2.05, 4.69) is 16.8 Å². The molecule has 28 heavy (non-hydrogen) atoms. The number of carbonyl (C=O) groups excluding carboxylic acids is 1. The molecular weight excluding hydrogens is 368 g/mol. The third-order valence-electron chi connectivity index (χ3n) is 5.11. The van der Waals surface area contributed by atoms with Gasteiger partial charge in [-0.15, -0.1) is 0 Å². The number of aliphatic imine (C=N–C) groups is 1. The SMILES string of the molecule is CC1CCN(C2=NC(=O)C(=Cc3ccccc3OCc3ccccc3)S2)CC1. The normalized spacial score (nSPS) is 19.2. The molecule has 0 unspecified atom stereocenters. The van der Waals surface area contributed by atoms with E-state index in [9.17, 15) is 4.79 Å². The van der Waals surface area contributed by atoms with E-state index in [0.29, 0.717) is 11.5 Å². The molecule has 0 aliphatic carbocycles. The van der Waals surface area contributed by atoms with Gasteiger partial charge in [0, 0.05) is 18.7 Å². The zero-order valence-electron chi connectivity index (χ0n) is 16.0. The number of hydrogen-bond acceptors (Lipinski definition) is 4. The number of piperidine rings is 1. The van der Waals surface area contributed by atoms with Crippen molar-refractivity contribution in [3.05, 3.63) is 70.6 Å². The van der Waals surface area contributed by atoms with Crippen molar-refractivity contribution in [2.24, 2.45) is 10.9 Å². The van der Waals surface area contributed by atoms with Crippen molar-refractivity contribution >= 4 is 28.9 Å². The lowest BCUT2D eigenvalue weighted by Gasteiger charge is -2.30. The van der Waals surface area contributed by atoms with E-state index in [1.54, 1.807) is 0 Å². The number of hydrogen-bond donors (Lipinski definition) is 0. The van der Waals surface area contributed by atoms with E-state index in [1.807, 2.05) is 60.7 Å². The summed E-state index contributed by atoms with van der Waals surface area (Å²) in [4.78, 5) is 19.6. The molecular formula is C23H24N2O2S. The minimum absolute atomic E-state index is 0.156. The van der Waals surface area contributed by atoms with Crippen molar-refractivity contribution < 1.29 is 9.53 Å². The molecule has 0 atom stereocenters. The Bertz CT molecular complexity index is 900. The van der Waals surface area contributed by atoms with Gasteiger partial charge in [-0.3, -0.25) is 4.79 Å². The highest BCUT2D eigenvalue weighted by Gasteiger charge is 2.28. The number of carbonyl (C=O) groups is 1. The van der Waals surface area contributed by atoms with Gasteiger partial charge in [-0.2, -0.15) is 4.99 Å². The Morgan fingerprint density at radius 2 is 1.82 bits per heavy atom. The molecule has 0 spiro atoms. The van der Waals surface area contributed by atoms with Crippen molar-refractivity contribution in [3.63, 3.8) is 0 Å². The number of ether oxygens (including phenoxy) is 1. The second kappa shape index (κ2) is 8.65. The van der Waals surface area contributed by atoms with Crippen molar-refractivity contribution in [2.45, 2.75) is 26.4 Å². The predicted molar refractivity (Wildman–Crippen MR) is 115 cm³/mol. The zero-order chi connectivity index (χ0) is 19.3. The number of benzene rings is 2. The fourth-order valence-electron chi connectivity index (χ4n) is 3.34. The summed E-state index contributed by atoms with van der Waals surface area (Å²) in [7, 11) is 0. The molecule has 0 aromatic heterocycles. The highest BCUT2D eigenvalue weighted by atomic mass is 32.2. The van der Waals surface area contributed by atoms with Gasteiger partial charge >= 0.3 is 0 Å². The Labute approximate surface area is 170 Å². The maximum Gasteiger partial charge on any atom is 0.286 e. The molecule has 1 amide bonds. The summed E-state index contributed by atoms with van der Waals surface area (Å²) in [6.07, 6.45) is 4.21. The first-order valence-corrected chi connectivity index (χ1v) is 10.5. The number of amidine groups is 1. The Morgan fingerprint density at radius 3 is 2.61 bits per heavy atom. The van der Waals surface area contributed by atoms with Gasteiger partial charge in [0.1, 0.15) is 12.4 Å². The van der Waals surface area contributed by atoms with Crippen LogP contribution in [-0.2, 0) is 11.4 Å². The molecule has 144 valence electrons. The summed E-state index contributed by atoms with van der Waals surface area (Å²) in [6, 6.07) is 17.9. The highest BCUT2D eigenvalue weighted by molar-refractivity contribution is 8.18. The average Bonchev–Trinajstić information content (AvgIpc) is 3.09. The Morgan fingerprint density at radius 1 is 1.11 bits per heavy atom. The van der Waals surface area contributed by atoms with Crippen molar-refractivity contribution in [3.8, 4) is 5.75 Å². The Kier molecular flexibility index (Phi) is 5.81. The van der Waals surface area contributed by atoms with Gasteiger partial charge in [-0.1, -0.05) is 55.5 Å². The summed E-state index contributed by atoms with van der Waals surface area (Å²) in [5.74, 6) is 1.37. The van der Waals surface area contributed by atoms with Crippen LogP contribution in [0.2, 0.25) is 0 Å². The first-order chi connectivity index (χ1) is 13.7. The third-order valence-corrected chi connectivity index (χ3v) is 6.15. The van der Waals surface area contributed by atoms with Crippen LogP contribution in [-0.4, -0.2) is 29.1 Å². The molecule has 0 bridgehead atoms. The standard InChI is InChI=1S/C23H24N2O2S/c1-17-11-13-25(14-12-17)23-24-22(26)21(28-23)15-19-9-5-6-10-20(19)27-16-18-7-3-2-4-8-18/h2-10,15,17H,11-14,16H2,1H3. The molecule has 4 nitrogen and oxygen atoms in total. The predicted octanol–water partition coefficient (Wildman–Crippen LogP) is 4.97. The van der Waals surface area contributed by atoms with Gasteiger partial charge in [0.25, 0.3) is 5.91 Å². The van der Waals surface area contributed by atoms with Crippen LogP contribution in [0.4, 0.5) is 0 Å². The largest absolute Gasteiger partial charge is 0.488 e. The number of rotatable bonds is 4. The van der Waals surface area contributed by atoms with Crippen LogP contribution in [0, 0.1) is 5.92 Å². The molecule has 2 aromatic carbocycles. The zero-order valence-corrected chi connectivity index (χ0v) is 16.8. The third kappa shape index (κ3) is 4.47. The van der Waals surface area contributed by atoms with Gasteiger partial charge < -0.3 is 9.64 Å². The molecule has 2 aliphatic rings. The van der Waals surface area contributed by atoms with Crippen LogP contribution in [0.3, 0.4) is 0 Å². The number of amides is 1. The Hall–Kier alpha value is -2.53. The molecule has 0 saturated carbocycles. The second-order valence-corrected chi connectivity index (χ2v) is 8.30. The van der Waals surface area contributed by atoms with Crippen molar-refractivity contribution in [2.75, 3.05) is 13.1 Å². The number of likely N-dealkylation sites (tertiary alicyclic amines) is 1. The lowest BCUT2D eigenvalue weighted by Crippen LogP contribution is -2.35. The molecule has 2 aromatic rings. The van der Waals surface area contributed by atoms with Crippen LogP contribution in [0.15, 0.2) is 64.5 Å². The minimum atomic E-state index is -0.156. The van der Waals surface area contributed by atoms with E-state index < -0.39 is 0 Å². The van der Waals surface area contributed by atoms with Crippen molar-refractivity contribution in [1.82, 2.24) is 4.90 Å². The monoisotopic (exact) mass is 392 g/mol. The maximum absolute atomic E-state index is 12.4. The Balaban J connectivity index is 1.46. The fourth-order valence-corrected chi connectivity index (χ4v) is 4.30. The second-order valence-electron chi connectivity index (χ2n) is 7.29.